The van der Waals surface area contributed by atoms with Crippen molar-refractivity contribution in [2.45, 2.75) is 33.1 Å². The van der Waals surface area contributed by atoms with Crippen LogP contribution >= 0.6 is 0 Å². The minimum atomic E-state index is 0. The SMILES string of the molecule is Cc1cccc(C(C)(C)C)c1O.[Al]. The number of phenols is 1. The Labute approximate surface area is 90.9 Å². The first-order chi connectivity index (χ1) is 5.43. The van der Waals surface area contributed by atoms with Crippen molar-refractivity contribution in [2.75, 3.05) is 0 Å². The van der Waals surface area contributed by atoms with Crippen LogP contribution in [0.15, 0.2) is 18.2 Å². The Morgan fingerprint density at radius 2 is 1.69 bits per heavy atom. The fourth-order valence-corrected chi connectivity index (χ4v) is 1.26. The molecule has 0 heterocycles. The van der Waals surface area contributed by atoms with Crippen molar-refractivity contribution in [3.63, 3.8) is 0 Å². The van der Waals surface area contributed by atoms with Crippen LogP contribution in [0.1, 0.15) is 31.9 Å². The molecule has 1 rings (SSSR count). The smallest absolute Gasteiger partial charge is 0.122 e. The van der Waals surface area contributed by atoms with Crippen LogP contribution in [0.4, 0.5) is 0 Å². The van der Waals surface area contributed by atoms with Crippen molar-refractivity contribution in [3.05, 3.63) is 29.3 Å². The fraction of sp³-hybridized carbons (Fsp3) is 0.455. The summed E-state index contributed by atoms with van der Waals surface area (Å²) in [6.45, 7) is 8.22. The highest BCUT2D eigenvalue weighted by Gasteiger charge is 2.17. The average molecular weight is 191 g/mol. The second-order valence-electron chi connectivity index (χ2n) is 4.22. The predicted molar refractivity (Wildman–Crippen MR) is 57.3 cm³/mol. The van der Waals surface area contributed by atoms with Gasteiger partial charge in [0.25, 0.3) is 0 Å². The van der Waals surface area contributed by atoms with Gasteiger partial charge in [-0.05, 0) is 23.5 Å². The van der Waals surface area contributed by atoms with E-state index in [2.05, 4.69) is 20.8 Å². The monoisotopic (exact) mass is 191 g/mol. The van der Waals surface area contributed by atoms with E-state index in [4.69, 9.17) is 0 Å². The summed E-state index contributed by atoms with van der Waals surface area (Å²) in [6, 6.07) is 5.88. The van der Waals surface area contributed by atoms with Gasteiger partial charge >= 0.3 is 0 Å². The number of phenolic OH excluding ortho intramolecular Hbond substituents is 1. The molecule has 13 heavy (non-hydrogen) atoms. The van der Waals surface area contributed by atoms with E-state index in [0.29, 0.717) is 5.75 Å². The van der Waals surface area contributed by atoms with E-state index < -0.39 is 0 Å². The van der Waals surface area contributed by atoms with E-state index in [-0.39, 0.29) is 22.8 Å². The normalized spacial score (nSPS) is 10.8. The van der Waals surface area contributed by atoms with Gasteiger partial charge in [0.1, 0.15) is 5.75 Å². The number of benzene rings is 1. The molecule has 1 aromatic rings. The molecule has 3 radical (unpaired) electrons. The van der Waals surface area contributed by atoms with Crippen LogP contribution in [-0.4, -0.2) is 22.5 Å². The highest BCUT2D eigenvalue weighted by molar-refractivity contribution is 5.75. The van der Waals surface area contributed by atoms with Gasteiger partial charge in [0.2, 0.25) is 0 Å². The highest BCUT2D eigenvalue weighted by atomic mass is 27.0. The maximum atomic E-state index is 9.73. The summed E-state index contributed by atoms with van der Waals surface area (Å²) < 4.78 is 0. The van der Waals surface area contributed by atoms with Crippen LogP contribution in [0.5, 0.6) is 5.75 Å². The molecule has 0 unspecified atom stereocenters. The zero-order valence-electron chi connectivity index (χ0n) is 8.76. The van der Waals surface area contributed by atoms with Gasteiger partial charge in [-0.2, -0.15) is 0 Å². The predicted octanol–water partition coefficient (Wildman–Crippen LogP) is 2.62. The Morgan fingerprint density at radius 3 is 2.08 bits per heavy atom. The standard InChI is InChI=1S/C11H16O.Al/c1-8-6-5-7-9(10(8)12)11(2,3)4;/h5-7,12H,1-4H3;. The Kier molecular flexibility index (Phi) is 4.03. The van der Waals surface area contributed by atoms with Crippen LogP contribution < -0.4 is 0 Å². The Bertz CT molecular complexity index is 287. The summed E-state index contributed by atoms with van der Waals surface area (Å²) in [5, 5.41) is 9.73. The number of para-hydroxylation sites is 1. The molecule has 0 aliphatic rings. The zero-order valence-corrected chi connectivity index (χ0v) is 9.91. The molecule has 0 atom stereocenters. The first-order valence-corrected chi connectivity index (χ1v) is 4.22. The van der Waals surface area contributed by atoms with Gasteiger partial charge in [0, 0.05) is 17.4 Å². The molecule has 0 fully saturated rings. The van der Waals surface area contributed by atoms with Crippen molar-refractivity contribution in [1.29, 1.82) is 0 Å². The van der Waals surface area contributed by atoms with Crippen LogP contribution in [0, 0.1) is 6.92 Å². The lowest BCUT2D eigenvalue weighted by molar-refractivity contribution is 0.443. The number of rotatable bonds is 0. The summed E-state index contributed by atoms with van der Waals surface area (Å²) in [4.78, 5) is 0. The minimum Gasteiger partial charge on any atom is -0.507 e. The van der Waals surface area contributed by atoms with Gasteiger partial charge in [-0.1, -0.05) is 39.0 Å². The molecule has 0 aromatic heterocycles. The third-order valence-corrected chi connectivity index (χ3v) is 2.05. The van der Waals surface area contributed by atoms with Crippen molar-refractivity contribution in [3.8, 4) is 5.75 Å². The number of hydrogen-bond donors (Lipinski definition) is 1. The maximum Gasteiger partial charge on any atom is 0.122 e. The van der Waals surface area contributed by atoms with Gasteiger partial charge in [-0.3, -0.25) is 0 Å². The van der Waals surface area contributed by atoms with Crippen molar-refractivity contribution in [1.82, 2.24) is 0 Å². The lowest BCUT2D eigenvalue weighted by Gasteiger charge is -2.20. The van der Waals surface area contributed by atoms with E-state index in [1.165, 1.54) is 0 Å². The van der Waals surface area contributed by atoms with E-state index in [9.17, 15) is 5.11 Å². The maximum absolute atomic E-state index is 9.73. The number of aromatic hydroxyl groups is 1. The highest BCUT2D eigenvalue weighted by Crippen LogP contribution is 2.32. The number of aryl methyl sites for hydroxylation is 1. The summed E-state index contributed by atoms with van der Waals surface area (Å²) in [7, 11) is 0. The molecule has 1 nitrogen and oxygen atoms in total. The van der Waals surface area contributed by atoms with Gasteiger partial charge in [0.15, 0.2) is 0 Å². The second kappa shape index (κ2) is 4.18. The van der Waals surface area contributed by atoms with Crippen molar-refractivity contribution in [2.24, 2.45) is 0 Å². The Morgan fingerprint density at radius 1 is 1.15 bits per heavy atom. The summed E-state index contributed by atoms with van der Waals surface area (Å²) in [5.74, 6) is 0.435. The van der Waals surface area contributed by atoms with Crippen molar-refractivity contribution >= 4 is 17.4 Å². The lowest BCUT2D eigenvalue weighted by Crippen LogP contribution is -2.11. The van der Waals surface area contributed by atoms with Gasteiger partial charge in [-0.25, -0.2) is 0 Å². The van der Waals surface area contributed by atoms with Gasteiger partial charge in [-0.15, -0.1) is 0 Å². The molecular weight excluding hydrogens is 175 g/mol. The third kappa shape index (κ3) is 2.76. The van der Waals surface area contributed by atoms with E-state index in [0.717, 1.165) is 11.1 Å². The van der Waals surface area contributed by atoms with Crippen LogP contribution in [-0.2, 0) is 5.41 Å². The second-order valence-corrected chi connectivity index (χ2v) is 4.22. The van der Waals surface area contributed by atoms with Gasteiger partial charge < -0.3 is 5.11 Å². The molecule has 2 heteroatoms. The first kappa shape index (κ1) is 12.6. The zero-order chi connectivity index (χ0) is 9.35. The fourth-order valence-electron chi connectivity index (χ4n) is 1.26. The molecule has 0 amide bonds. The van der Waals surface area contributed by atoms with Gasteiger partial charge in [0.05, 0.1) is 0 Å². The minimum absolute atomic E-state index is 0. The molecule has 0 saturated heterocycles. The average Bonchev–Trinajstić information content (AvgIpc) is 1.92. The Hall–Kier alpha value is -0.448. The third-order valence-electron chi connectivity index (χ3n) is 2.05. The molecular formula is C11H16AlO. The molecule has 0 bridgehead atoms. The summed E-state index contributed by atoms with van der Waals surface area (Å²) in [6.07, 6.45) is 0. The summed E-state index contributed by atoms with van der Waals surface area (Å²) in [5.41, 5.74) is 1.99. The molecule has 0 aliphatic heterocycles. The van der Waals surface area contributed by atoms with Crippen LogP contribution in [0.3, 0.4) is 0 Å². The molecule has 0 spiro atoms. The van der Waals surface area contributed by atoms with E-state index >= 15 is 0 Å². The molecule has 1 aromatic carbocycles. The first-order valence-electron chi connectivity index (χ1n) is 4.22. The van der Waals surface area contributed by atoms with E-state index in [1.54, 1.807) is 0 Å². The Balaban J connectivity index is 0.00000144. The molecule has 1 N–H and O–H groups in total. The van der Waals surface area contributed by atoms with Crippen molar-refractivity contribution < 1.29 is 5.11 Å². The largest absolute Gasteiger partial charge is 0.507 e. The van der Waals surface area contributed by atoms with Crippen LogP contribution in [0.25, 0.3) is 0 Å². The van der Waals surface area contributed by atoms with E-state index in [1.807, 2.05) is 25.1 Å². The molecule has 0 aliphatic carbocycles. The lowest BCUT2D eigenvalue weighted by atomic mass is 9.85. The quantitative estimate of drug-likeness (QED) is 0.625. The summed E-state index contributed by atoms with van der Waals surface area (Å²) >= 11 is 0. The van der Waals surface area contributed by atoms with Crippen LogP contribution in [0.2, 0.25) is 0 Å². The topological polar surface area (TPSA) is 20.2 Å². The molecule has 69 valence electrons. The molecule has 0 saturated carbocycles. The number of hydrogen-bond acceptors (Lipinski definition) is 1.